The minimum Gasteiger partial charge on any atom is -0.316 e. The highest BCUT2D eigenvalue weighted by molar-refractivity contribution is 7.98. The van der Waals surface area contributed by atoms with Crippen LogP contribution in [-0.2, 0) is 12.3 Å². The van der Waals surface area contributed by atoms with Gasteiger partial charge in [0.2, 0.25) is 0 Å². The lowest BCUT2D eigenvalue weighted by atomic mass is 10.1. The van der Waals surface area contributed by atoms with E-state index in [0.717, 1.165) is 35.3 Å². The van der Waals surface area contributed by atoms with Gasteiger partial charge in [-0.2, -0.15) is 11.8 Å². The Kier molecular flexibility index (Phi) is 5.05. The van der Waals surface area contributed by atoms with Gasteiger partial charge in [-0.05, 0) is 26.6 Å². The van der Waals surface area contributed by atoms with Crippen molar-refractivity contribution in [3.05, 3.63) is 22.8 Å². The fraction of sp³-hybridized carbons (Fsp3) is 0.636. The van der Waals surface area contributed by atoms with Crippen LogP contribution in [0.4, 0.5) is 0 Å². The van der Waals surface area contributed by atoms with Crippen LogP contribution in [0, 0.1) is 13.8 Å². The molecule has 0 saturated heterocycles. The molecule has 0 spiro atoms. The van der Waals surface area contributed by atoms with Gasteiger partial charge in [-0.1, -0.05) is 6.92 Å². The summed E-state index contributed by atoms with van der Waals surface area (Å²) in [7, 11) is 1.94. The molecule has 1 aromatic rings. The summed E-state index contributed by atoms with van der Waals surface area (Å²) in [6.45, 7) is 7.11. The van der Waals surface area contributed by atoms with Gasteiger partial charge in [0.15, 0.2) is 0 Å². The Morgan fingerprint density at radius 1 is 1.20 bits per heavy atom. The maximum atomic E-state index is 4.52. The van der Waals surface area contributed by atoms with Crippen molar-refractivity contribution in [1.29, 1.82) is 0 Å². The number of nitrogens with one attached hydrogen (secondary N) is 1. The first-order valence-corrected chi connectivity index (χ1v) is 6.39. The summed E-state index contributed by atoms with van der Waals surface area (Å²) in [5.74, 6) is 2.98. The summed E-state index contributed by atoms with van der Waals surface area (Å²) < 4.78 is 0. The number of hydrogen-bond donors (Lipinski definition) is 1. The second kappa shape index (κ2) is 6.08. The highest BCUT2D eigenvalue weighted by atomic mass is 32.2. The fourth-order valence-electron chi connectivity index (χ4n) is 1.50. The molecule has 0 aromatic carbocycles. The van der Waals surface area contributed by atoms with Gasteiger partial charge in [0, 0.05) is 23.5 Å². The third-order valence-electron chi connectivity index (χ3n) is 2.26. The van der Waals surface area contributed by atoms with Crippen LogP contribution in [0.1, 0.15) is 29.7 Å². The Balaban J connectivity index is 2.87. The second-order valence-electron chi connectivity index (χ2n) is 3.46. The molecule has 0 aliphatic rings. The van der Waals surface area contributed by atoms with Crippen molar-refractivity contribution >= 4 is 11.8 Å². The number of nitrogens with zero attached hydrogens (tertiary/aromatic N) is 2. The van der Waals surface area contributed by atoms with Gasteiger partial charge >= 0.3 is 0 Å². The van der Waals surface area contributed by atoms with Crippen LogP contribution in [0.5, 0.6) is 0 Å². The maximum Gasteiger partial charge on any atom is 0.138 e. The van der Waals surface area contributed by atoms with Crippen molar-refractivity contribution < 1.29 is 0 Å². The lowest BCUT2D eigenvalue weighted by Gasteiger charge is -2.09. The predicted octanol–water partition coefficient (Wildman–Crippen LogP) is 2.07. The molecule has 0 atom stereocenters. The minimum absolute atomic E-state index is 0.846. The van der Waals surface area contributed by atoms with E-state index in [-0.39, 0.29) is 0 Å². The lowest BCUT2D eigenvalue weighted by Crippen LogP contribution is -2.12. The monoisotopic (exact) mass is 225 g/mol. The van der Waals surface area contributed by atoms with Crippen molar-refractivity contribution in [2.24, 2.45) is 0 Å². The molecule has 1 rings (SSSR count). The summed E-state index contributed by atoms with van der Waals surface area (Å²) in [6.07, 6.45) is 0. The molecule has 0 aliphatic heterocycles. The van der Waals surface area contributed by atoms with Gasteiger partial charge in [-0.25, -0.2) is 9.97 Å². The van der Waals surface area contributed by atoms with Crippen LogP contribution >= 0.6 is 11.8 Å². The molecule has 4 heteroatoms. The molecule has 0 bridgehead atoms. The Bertz CT molecular complexity index is 303. The predicted molar refractivity (Wildman–Crippen MR) is 66.1 cm³/mol. The van der Waals surface area contributed by atoms with E-state index in [0.29, 0.717) is 0 Å². The Morgan fingerprint density at radius 2 is 1.80 bits per heavy atom. The van der Waals surface area contributed by atoms with Crippen LogP contribution in [-0.4, -0.2) is 22.8 Å². The van der Waals surface area contributed by atoms with Crippen molar-refractivity contribution in [3.8, 4) is 0 Å². The Morgan fingerprint density at radius 3 is 2.27 bits per heavy atom. The summed E-state index contributed by atoms with van der Waals surface area (Å²) in [4.78, 5) is 9.04. The quantitative estimate of drug-likeness (QED) is 0.832. The van der Waals surface area contributed by atoms with E-state index in [9.17, 15) is 0 Å². The first-order valence-electron chi connectivity index (χ1n) is 5.24. The molecule has 1 aromatic heterocycles. The maximum absolute atomic E-state index is 4.52. The van der Waals surface area contributed by atoms with Crippen LogP contribution < -0.4 is 5.32 Å². The van der Waals surface area contributed by atoms with Gasteiger partial charge in [0.1, 0.15) is 5.82 Å². The Hall–Kier alpha value is -0.610. The lowest BCUT2D eigenvalue weighted by molar-refractivity contribution is 0.778. The molecule has 0 radical (unpaired) electrons. The van der Waals surface area contributed by atoms with E-state index in [1.807, 2.05) is 18.8 Å². The molecule has 1 N–H and O–H groups in total. The number of rotatable bonds is 5. The molecule has 0 unspecified atom stereocenters. The van der Waals surface area contributed by atoms with Crippen molar-refractivity contribution in [2.75, 3.05) is 12.8 Å². The molecule has 0 aliphatic carbocycles. The van der Waals surface area contributed by atoms with Gasteiger partial charge < -0.3 is 5.32 Å². The fourth-order valence-corrected chi connectivity index (χ4v) is 2.02. The summed E-state index contributed by atoms with van der Waals surface area (Å²) in [5, 5.41) is 3.14. The van der Waals surface area contributed by atoms with E-state index in [4.69, 9.17) is 0 Å². The van der Waals surface area contributed by atoms with E-state index in [2.05, 4.69) is 36.1 Å². The largest absolute Gasteiger partial charge is 0.316 e. The number of aromatic nitrogens is 2. The Labute approximate surface area is 96.1 Å². The minimum atomic E-state index is 0.846. The average molecular weight is 225 g/mol. The molecule has 15 heavy (non-hydrogen) atoms. The zero-order valence-corrected chi connectivity index (χ0v) is 10.7. The van der Waals surface area contributed by atoms with Crippen LogP contribution in [0.25, 0.3) is 0 Å². The van der Waals surface area contributed by atoms with Gasteiger partial charge in [0.05, 0.1) is 5.75 Å². The summed E-state index contributed by atoms with van der Waals surface area (Å²) >= 11 is 1.86. The highest BCUT2D eigenvalue weighted by Gasteiger charge is 2.07. The first kappa shape index (κ1) is 12.5. The van der Waals surface area contributed by atoms with Gasteiger partial charge in [0.25, 0.3) is 0 Å². The van der Waals surface area contributed by atoms with Crippen molar-refractivity contribution in [3.63, 3.8) is 0 Å². The normalized spacial score (nSPS) is 10.7. The number of thioether (sulfide) groups is 1. The molecular formula is C11H19N3S. The molecule has 1 heterocycles. The molecule has 3 nitrogen and oxygen atoms in total. The summed E-state index contributed by atoms with van der Waals surface area (Å²) in [6, 6.07) is 0. The summed E-state index contributed by atoms with van der Waals surface area (Å²) in [5.41, 5.74) is 3.43. The zero-order valence-electron chi connectivity index (χ0n) is 9.92. The van der Waals surface area contributed by atoms with Crippen LogP contribution in [0.3, 0.4) is 0 Å². The first-order chi connectivity index (χ1) is 7.19. The van der Waals surface area contributed by atoms with Crippen molar-refractivity contribution in [2.45, 2.75) is 33.1 Å². The topological polar surface area (TPSA) is 37.8 Å². The molecule has 84 valence electrons. The van der Waals surface area contributed by atoms with Gasteiger partial charge in [-0.15, -0.1) is 0 Å². The van der Waals surface area contributed by atoms with E-state index in [1.54, 1.807) is 0 Å². The standard InChI is InChI=1S/C11H19N3S/c1-5-15-7-11-13-8(2)10(6-12-4)9(3)14-11/h12H,5-7H2,1-4H3. The number of aryl methyl sites for hydroxylation is 2. The van der Waals surface area contributed by atoms with Gasteiger partial charge in [-0.3, -0.25) is 0 Å². The molecule has 0 amide bonds. The molecule has 0 fully saturated rings. The van der Waals surface area contributed by atoms with E-state index >= 15 is 0 Å². The smallest absolute Gasteiger partial charge is 0.138 e. The third-order valence-corrected chi connectivity index (χ3v) is 3.13. The number of hydrogen-bond acceptors (Lipinski definition) is 4. The SMILES string of the molecule is CCSCc1nc(C)c(CNC)c(C)n1. The van der Waals surface area contributed by atoms with E-state index < -0.39 is 0 Å². The highest BCUT2D eigenvalue weighted by Crippen LogP contribution is 2.13. The average Bonchev–Trinajstić information content (AvgIpc) is 2.20. The van der Waals surface area contributed by atoms with E-state index in [1.165, 1.54) is 5.56 Å². The molecular weight excluding hydrogens is 206 g/mol. The van der Waals surface area contributed by atoms with Crippen LogP contribution in [0.2, 0.25) is 0 Å². The van der Waals surface area contributed by atoms with Crippen molar-refractivity contribution in [1.82, 2.24) is 15.3 Å². The third kappa shape index (κ3) is 3.47. The second-order valence-corrected chi connectivity index (χ2v) is 4.73. The van der Waals surface area contributed by atoms with Crippen LogP contribution in [0.15, 0.2) is 0 Å². The zero-order chi connectivity index (χ0) is 11.3. The molecule has 0 saturated carbocycles.